The monoisotopic (exact) mass is 399 g/mol. The van der Waals surface area contributed by atoms with Crippen LogP contribution >= 0.6 is 11.6 Å². The van der Waals surface area contributed by atoms with E-state index in [4.69, 9.17) is 11.6 Å². The van der Waals surface area contributed by atoms with Gasteiger partial charge in [0.25, 0.3) is 5.56 Å². The summed E-state index contributed by atoms with van der Waals surface area (Å²) >= 11 is 6.22. The summed E-state index contributed by atoms with van der Waals surface area (Å²) in [6, 6.07) is 7.23. The van der Waals surface area contributed by atoms with Gasteiger partial charge in [-0.1, -0.05) is 43.7 Å². The van der Waals surface area contributed by atoms with Gasteiger partial charge in [0.15, 0.2) is 0 Å². The summed E-state index contributed by atoms with van der Waals surface area (Å²) in [7, 11) is 3.08. The van der Waals surface area contributed by atoms with Gasteiger partial charge in [0.05, 0.1) is 11.5 Å². The number of benzene rings is 1. The van der Waals surface area contributed by atoms with Crippen molar-refractivity contribution in [3.05, 3.63) is 73.0 Å². The first-order chi connectivity index (χ1) is 13.1. The SMILES string of the molecule is Cn1c2c(c(=O)n(C)c1=O)[C@@H](c1cccc(Cl)c1)[C@@H]1C(=O)CC(C)(C)C=C1N2. The fraction of sp³-hybridized carbons (Fsp3) is 0.381. The van der Waals surface area contributed by atoms with Crippen LogP contribution in [-0.2, 0) is 18.9 Å². The highest BCUT2D eigenvalue weighted by atomic mass is 35.5. The minimum absolute atomic E-state index is 0.0709. The molecule has 0 amide bonds. The maximum absolute atomic E-state index is 13.2. The molecule has 0 fully saturated rings. The number of nitrogens with zero attached hydrogens (tertiary/aromatic N) is 2. The predicted molar refractivity (Wildman–Crippen MR) is 109 cm³/mol. The highest BCUT2D eigenvalue weighted by Gasteiger charge is 2.46. The molecule has 0 bridgehead atoms. The van der Waals surface area contributed by atoms with Crippen LogP contribution < -0.4 is 16.6 Å². The molecule has 2 heterocycles. The van der Waals surface area contributed by atoms with Gasteiger partial charge >= 0.3 is 5.69 Å². The Balaban J connectivity index is 2.09. The lowest BCUT2D eigenvalue weighted by Gasteiger charge is -2.41. The molecule has 2 aromatic rings. The Morgan fingerprint density at radius 2 is 1.82 bits per heavy atom. The maximum atomic E-state index is 13.2. The summed E-state index contributed by atoms with van der Waals surface area (Å²) in [4.78, 5) is 38.8. The van der Waals surface area contributed by atoms with Crippen molar-refractivity contribution >= 4 is 23.2 Å². The number of anilines is 1. The first-order valence-electron chi connectivity index (χ1n) is 9.18. The van der Waals surface area contributed by atoms with Crippen LogP contribution in [0.2, 0.25) is 5.02 Å². The van der Waals surface area contributed by atoms with Crippen molar-refractivity contribution in [2.24, 2.45) is 25.4 Å². The molecule has 6 nitrogen and oxygen atoms in total. The number of rotatable bonds is 1. The second-order valence-electron chi connectivity index (χ2n) is 8.33. The van der Waals surface area contributed by atoms with E-state index in [0.717, 1.165) is 15.8 Å². The Labute approximate surface area is 167 Å². The number of carbonyl (C=O) groups excluding carboxylic acids is 1. The van der Waals surface area contributed by atoms with Gasteiger partial charge in [-0.15, -0.1) is 0 Å². The van der Waals surface area contributed by atoms with Gasteiger partial charge in [-0.05, 0) is 23.1 Å². The van der Waals surface area contributed by atoms with Crippen LogP contribution in [0.5, 0.6) is 0 Å². The van der Waals surface area contributed by atoms with E-state index >= 15 is 0 Å². The third kappa shape index (κ3) is 2.75. The van der Waals surface area contributed by atoms with Crippen LogP contribution in [0.15, 0.2) is 45.6 Å². The third-order valence-electron chi connectivity index (χ3n) is 5.67. The Morgan fingerprint density at radius 3 is 2.50 bits per heavy atom. The number of Topliss-reactive ketones (excluding diaryl/α,β-unsaturated/α-hetero) is 1. The zero-order valence-electron chi connectivity index (χ0n) is 16.2. The Bertz CT molecular complexity index is 1160. The molecule has 1 N–H and O–H groups in total. The van der Waals surface area contributed by atoms with Crippen LogP contribution in [0.1, 0.15) is 37.3 Å². The lowest BCUT2D eigenvalue weighted by atomic mass is 9.67. The zero-order valence-corrected chi connectivity index (χ0v) is 17.0. The first-order valence-corrected chi connectivity index (χ1v) is 9.56. The topological polar surface area (TPSA) is 73.1 Å². The number of ketones is 1. The molecule has 0 radical (unpaired) electrons. The lowest BCUT2D eigenvalue weighted by molar-refractivity contribution is -0.124. The molecule has 0 saturated heterocycles. The quantitative estimate of drug-likeness (QED) is 0.800. The Hall–Kier alpha value is -2.60. The third-order valence-corrected chi connectivity index (χ3v) is 5.91. The van der Waals surface area contributed by atoms with E-state index < -0.39 is 23.1 Å². The van der Waals surface area contributed by atoms with Gasteiger partial charge in [0, 0.05) is 37.2 Å². The smallest absolute Gasteiger partial charge is 0.332 e. The molecule has 4 rings (SSSR count). The lowest BCUT2D eigenvalue weighted by Crippen LogP contribution is -2.47. The molecule has 0 saturated carbocycles. The molecule has 1 aliphatic heterocycles. The molecular formula is C21H22ClN3O3. The molecule has 28 heavy (non-hydrogen) atoms. The second kappa shape index (κ2) is 6.21. The van der Waals surface area contributed by atoms with E-state index in [9.17, 15) is 14.4 Å². The van der Waals surface area contributed by atoms with E-state index in [1.165, 1.54) is 11.6 Å². The fourth-order valence-corrected chi connectivity index (χ4v) is 4.64. The van der Waals surface area contributed by atoms with E-state index in [-0.39, 0.29) is 11.2 Å². The molecule has 0 spiro atoms. The number of fused-ring (bicyclic) bond motifs is 2. The van der Waals surface area contributed by atoms with Gasteiger partial charge in [-0.3, -0.25) is 18.7 Å². The standard InChI is InChI=1S/C21H22ClN3O3/c1-21(2)9-13-16(14(26)10-21)15(11-6-5-7-12(22)8-11)17-18(23-13)24(3)20(28)25(4)19(17)27/h5-9,15-16,23H,10H2,1-4H3/t15-,16-/m0/s1. The second-order valence-corrected chi connectivity index (χ2v) is 8.77. The largest absolute Gasteiger partial charge is 0.344 e. The van der Waals surface area contributed by atoms with E-state index in [2.05, 4.69) is 5.32 Å². The summed E-state index contributed by atoms with van der Waals surface area (Å²) in [6.45, 7) is 4.01. The van der Waals surface area contributed by atoms with Gasteiger partial charge < -0.3 is 5.32 Å². The summed E-state index contributed by atoms with van der Waals surface area (Å²) in [5, 5.41) is 3.77. The molecule has 146 valence electrons. The number of halogens is 1. The molecular weight excluding hydrogens is 378 g/mol. The highest BCUT2D eigenvalue weighted by molar-refractivity contribution is 6.30. The summed E-state index contributed by atoms with van der Waals surface area (Å²) in [6.07, 6.45) is 2.43. The van der Waals surface area contributed by atoms with Gasteiger partial charge in [-0.2, -0.15) is 0 Å². The fourth-order valence-electron chi connectivity index (χ4n) is 4.44. The van der Waals surface area contributed by atoms with Crippen molar-refractivity contribution in [1.29, 1.82) is 0 Å². The molecule has 2 aliphatic rings. The number of carbonyl (C=O) groups is 1. The number of hydrogen-bond acceptors (Lipinski definition) is 4. The Morgan fingerprint density at radius 1 is 1.11 bits per heavy atom. The predicted octanol–water partition coefficient (Wildman–Crippen LogP) is 2.79. The van der Waals surface area contributed by atoms with Crippen LogP contribution in [0.3, 0.4) is 0 Å². The van der Waals surface area contributed by atoms with E-state index in [0.29, 0.717) is 22.8 Å². The number of allylic oxidation sites excluding steroid dienone is 2. The van der Waals surface area contributed by atoms with Crippen molar-refractivity contribution < 1.29 is 4.79 Å². The van der Waals surface area contributed by atoms with Crippen molar-refractivity contribution in [1.82, 2.24) is 9.13 Å². The number of nitrogens with one attached hydrogen (secondary N) is 1. The minimum atomic E-state index is -0.510. The molecule has 1 aromatic heterocycles. The van der Waals surface area contributed by atoms with Crippen LogP contribution in [0, 0.1) is 11.3 Å². The molecule has 0 unspecified atom stereocenters. The minimum Gasteiger partial charge on any atom is -0.344 e. The van der Waals surface area contributed by atoms with Gasteiger partial charge in [-0.25, -0.2) is 4.79 Å². The van der Waals surface area contributed by atoms with Crippen LogP contribution in [-0.4, -0.2) is 14.9 Å². The average Bonchev–Trinajstić information content (AvgIpc) is 2.62. The van der Waals surface area contributed by atoms with Crippen molar-refractivity contribution in [2.75, 3.05) is 5.32 Å². The van der Waals surface area contributed by atoms with E-state index in [1.54, 1.807) is 19.2 Å². The molecule has 1 aliphatic carbocycles. The maximum Gasteiger partial charge on any atom is 0.332 e. The zero-order chi connectivity index (χ0) is 20.4. The summed E-state index contributed by atoms with van der Waals surface area (Å²) in [5.74, 6) is -0.507. The van der Waals surface area contributed by atoms with E-state index in [1.807, 2.05) is 32.1 Å². The van der Waals surface area contributed by atoms with Gasteiger partial charge in [0.1, 0.15) is 11.6 Å². The van der Waals surface area contributed by atoms with Crippen LogP contribution in [0.25, 0.3) is 0 Å². The number of aromatic nitrogens is 2. The average molecular weight is 400 g/mol. The van der Waals surface area contributed by atoms with Gasteiger partial charge in [0.2, 0.25) is 0 Å². The normalized spacial score (nSPS) is 22.8. The highest BCUT2D eigenvalue weighted by Crippen LogP contribution is 2.48. The summed E-state index contributed by atoms with van der Waals surface area (Å²) in [5.41, 5.74) is 0.832. The van der Waals surface area contributed by atoms with Crippen molar-refractivity contribution in [2.45, 2.75) is 26.2 Å². The van der Waals surface area contributed by atoms with Crippen LogP contribution in [0.4, 0.5) is 5.82 Å². The summed E-state index contributed by atoms with van der Waals surface area (Å²) < 4.78 is 2.52. The van der Waals surface area contributed by atoms with Crippen molar-refractivity contribution in [3.8, 4) is 0 Å². The molecule has 1 aromatic carbocycles. The molecule has 2 atom stereocenters. The van der Waals surface area contributed by atoms with Crippen molar-refractivity contribution in [3.63, 3.8) is 0 Å². The molecule has 7 heteroatoms. The Kier molecular flexibility index (Phi) is 4.16. The number of hydrogen-bond donors (Lipinski definition) is 1. The first kappa shape index (κ1) is 18.7.